The van der Waals surface area contributed by atoms with Crippen molar-refractivity contribution >= 4 is 11.3 Å². The number of thiazole rings is 1. The summed E-state index contributed by atoms with van der Waals surface area (Å²) in [6.45, 7) is 4.43. The van der Waals surface area contributed by atoms with Gasteiger partial charge in [-0.3, -0.25) is 0 Å². The number of nitrogens with one attached hydrogen (secondary N) is 1. The third-order valence-electron chi connectivity index (χ3n) is 3.77. The zero-order chi connectivity index (χ0) is 11.1. The van der Waals surface area contributed by atoms with Crippen molar-refractivity contribution in [1.29, 1.82) is 0 Å². The van der Waals surface area contributed by atoms with Gasteiger partial charge in [0.05, 0.1) is 6.04 Å². The van der Waals surface area contributed by atoms with Crippen LogP contribution in [-0.2, 0) is 0 Å². The van der Waals surface area contributed by atoms with Crippen molar-refractivity contribution in [3.63, 3.8) is 0 Å². The topological polar surface area (TPSA) is 24.9 Å². The van der Waals surface area contributed by atoms with E-state index in [4.69, 9.17) is 0 Å². The average Bonchev–Trinajstić information content (AvgIpc) is 3.13. The molecule has 0 aliphatic heterocycles. The molecule has 2 nitrogen and oxygen atoms in total. The maximum Gasteiger partial charge on any atom is 0.110 e. The van der Waals surface area contributed by atoms with E-state index < -0.39 is 0 Å². The molecule has 2 aliphatic rings. The number of nitrogens with zero attached hydrogens (tertiary/aromatic N) is 1. The summed E-state index contributed by atoms with van der Waals surface area (Å²) < 4.78 is 0. The molecule has 2 fully saturated rings. The lowest BCUT2D eigenvalue weighted by Crippen LogP contribution is -2.33. The van der Waals surface area contributed by atoms with Crippen LogP contribution >= 0.6 is 11.3 Å². The highest BCUT2D eigenvalue weighted by atomic mass is 32.1. The molecule has 1 aromatic heterocycles. The van der Waals surface area contributed by atoms with Crippen molar-refractivity contribution < 1.29 is 0 Å². The Bertz CT molecular complexity index is 366. The lowest BCUT2D eigenvalue weighted by molar-refractivity contribution is 0.391. The molecule has 2 aliphatic carbocycles. The molecule has 3 heteroatoms. The standard InChI is InChI=1S/C13H20N2S/c1-8-7-16-13(14-8)12(11-5-6-11)15-9(2)10-3-4-10/h7,9-12,15H,3-6H2,1-2H3. The predicted molar refractivity (Wildman–Crippen MR) is 67.6 cm³/mol. The Morgan fingerprint density at radius 2 is 2.00 bits per heavy atom. The minimum Gasteiger partial charge on any atom is -0.305 e. The second-order valence-corrected chi connectivity index (χ2v) is 6.32. The number of hydrogen-bond donors (Lipinski definition) is 1. The fourth-order valence-corrected chi connectivity index (χ4v) is 3.32. The van der Waals surface area contributed by atoms with Gasteiger partial charge in [0, 0.05) is 17.1 Å². The lowest BCUT2D eigenvalue weighted by Gasteiger charge is -2.21. The van der Waals surface area contributed by atoms with Gasteiger partial charge in [-0.25, -0.2) is 4.98 Å². The Hall–Kier alpha value is -0.410. The third kappa shape index (κ3) is 2.30. The molecule has 0 bridgehead atoms. The third-order valence-corrected chi connectivity index (χ3v) is 4.81. The molecule has 0 saturated heterocycles. The first-order valence-corrected chi connectivity index (χ1v) is 7.30. The molecule has 2 saturated carbocycles. The lowest BCUT2D eigenvalue weighted by atomic mass is 10.1. The van der Waals surface area contributed by atoms with Crippen LogP contribution in [0.15, 0.2) is 5.38 Å². The highest BCUT2D eigenvalue weighted by Crippen LogP contribution is 2.43. The quantitative estimate of drug-likeness (QED) is 0.848. The van der Waals surface area contributed by atoms with E-state index in [0.717, 1.165) is 11.8 Å². The van der Waals surface area contributed by atoms with Crippen molar-refractivity contribution in [2.24, 2.45) is 11.8 Å². The summed E-state index contributed by atoms with van der Waals surface area (Å²) in [5.74, 6) is 1.79. The molecular formula is C13H20N2S. The van der Waals surface area contributed by atoms with Crippen LogP contribution in [0.1, 0.15) is 49.4 Å². The zero-order valence-electron chi connectivity index (χ0n) is 10.1. The number of aryl methyl sites for hydroxylation is 1. The van der Waals surface area contributed by atoms with E-state index in [0.29, 0.717) is 12.1 Å². The zero-order valence-corrected chi connectivity index (χ0v) is 10.9. The van der Waals surface area contributed by atoms with E-state index in [1.54, 1.807) is 0 Å². The highest BCUT2D eigenvalue weighted by molar-refractivity contribution is 7.09. The fourth-order valence-electron chi connectivity index (χ4n) is 2.37. The van der Waals surface area contributed by atoms with Crippen LogP contribution in [0.25, 0.3) is 0 Å². The van der Waals surface area contributed by atoms with Gasteiger partial charge < -0.3 is 5.32 Å². The second-order valence-electron chi connectivity index (χ2n) is 5.43. The first-order valence-electron chi connectivity index (χ1n) is 6.42. The van der Waals surface area contributed by atoms with Gasteiger partial charge in [-0.2, -0.15) is 0 Å². The first kappa shape index (κ1) is 10.7. The van der Waals surface area contributed by atoms with Crippen LogP contribution in [0, 0.1) is 18.8 Å². The maximum atomic E-state index is 4.66. The molecule has 2 atom stereocenters. The van der Waals surface area contributed by atoms with Crippen molar-refractivity contribution in [2.75, 3.05) is 0 Å². The van der Waals surface area contributed by atoms with Crippen LogP contribution in [0.5, 0.6) is 0 Å². The smallest absolute Gasteiger partial charge is 0.110 e. The van der Waals surface area contributed by atoms with Gasteiger partial charge in [-0.05, 0) is 51.4 Å². The van der Waals surface area contributed by atoms with Gasteiger partial charge in [0.2, 0.25) is 0 Å². The molecule has 88 valence electrons. The van der Waals surface area contributed by atoms with Crippen molar-refractivity contribution in [2.45, 2.75) is 51.6 Å². The minimum atomic E-state index is 0.536. The van der Waals surface area contributed by atoms with Crippen LogP contribution < -0.4 is 5.32 Å². The molecule has 1 N–H and O–H groups in total. The summed E-state index contributed by atoms with van der Waals surface area (Å²) in [6, 6.07) is 1.21. The molecular weight excluding hydrogens is 216 g/mol. The molecule has 1 aromatic rings. The fraction of sp³-hybridized carbons (Fsp3) is 0.769. The second kappa shape index (κ2) is 4.11. The van der Waals surface area contributed by atoms with Crippen LogP contribution in [0.2, 0.25) is 0 Å². The Kier molecular flexibility index (Phi) is 2.76. The van der Waals surface area contributed by atoms with Gasteiger partial charge in [-0.1, -0.05) is 0 Å². The Labute approximate surface area is 101 Å². The van der Waals surface area contributed by atoms with Crippen molar-refractivity contribution in [1.82, 2.24) is 10.3 Å². The molecule has 0 radical (unpaired) electrons. The van der Waals surface area contributed by atoms with Gasteiger partial charge in [0.25, 0.3) is 0 Å². The number of hydrogen-bond acceptors (Lipinski definition) is 3. The van der Waals surface area contributed by atoms with Crippen molar-refractivity contribution in [3.8, 4) is 0 Å². The van der Waals surface area contributed by atoms with Gasteiger partial charge in [-0.15, -0.1) is 11.3 Å². The maximum absolute atomic E-state index is 4.66. The number of aromatic nitrogens is 1. The summed E-state index contributed by atoms with van der Waals surface area (Å²) in [7, 11) is 0. The van der Waals surface area contributed by atoms with E-state index in [9.17, 15) is 0 Å². The van der Waals surface area contributed by atoms with E-state index in [1.165, 1.54) is 36.4 Å². The molecule has 0 aromatic carbocycles. The van der Waals surface area contributed by atoms with Crippen LogP contribution in [0.4, 0.5) is 0 Å². The monoisotopic (exact) mass is 236 g/mol. The molecule has 3 rings (SSSR count). The van der Waals surface area contributed by atoms with Crippen molar-refractivity contribution in [3.05, 3.63) is 16.1 Å². The van der Waals surface area contributed by atoms with Crippen LogP contribution in [-0.4, -0.2) is 11.0 Å². The molecule has 0 spiro atoms. The number of rotatable bonds is 5. The molecule has 2 unspecified atom stereocenters. The summed E-state index contributed by atoms with van der Waals surface area (Å²) in [6.07, 6.45) is 5.60. The Balaban J connectivity index is 1.70. The average molecular weight is 236 g/mol. The predicted octanol–water partition coefficient (Wildman–Crippen LogP) is 3.29. The van der Waals surface area contributed by atoms with E-state index in [1.807, 2.05) is 11.3 Å². The van der Waals surface area contributed by atoms with E-state index in [-0.39, 0.29) is 0 Å². The molecule has 16 heavy (non-hydrogen) atoms. The van der Waals surface area contributed by atoms with E-state index >= 15 is 0 Å². The summed E-state index contributed by atoms with van der Waals surface area (Å²) >= 11 is 1.83. The largest absolute Gasteiger partial charge is 0.305 e. The highest BCUT2D eigenvalue weighted by Gasteiger charge is 2.37. The molecule has 0 amide bonds. The van der Waals surface area contributed by atoms with Gasteiger partial charge >= 0.3 is 0 Å². The summed E-state index contributed by atoms with van der Waals surface area (Å²) in [4.78, 5) is 4.66. The van der Waals surface area contributed by atoms with Gasteiger partial charge in [0.1, 0.15) is 5.01 Å². The first-order chi connectivity index (χ1) is 7.74. The minimum absolute atomic E-state index is 0.536. The van der Waals surface area contributed by atoms with E-state index in [2.05, 4.69) is 29.5 Å². The SMILES string of the molecule is Cc1csc(C(NC(C)C2CC2)C2CC2)n1. The normalized spacial score (nSPS) is 24.4. The van der Waals surface area contributed by atoms with Crippen LogP contribution in [0.3, 0.4) is 0 Å². The Morgan fingerprint density at radius 1 is 1.31 bits per heavy atom. The Morgan fingerprint density at radius 3 is 2.50 bits per heavy atom. The molecule has 1 heterocycles. The van der Waals surface area contributed by atoms with Gasteiger partial charge in [0.15, 0.2) is 0 Å². The summed E-state index contributed by atoms with van der Waals surface area (Å²) in [5, 5.41) is 7.31. The summed E-state index contributed by atoms with van der Waals surface area (Å²) in [5.41, 5.74) is 1.17.